The van der Waals surface area contributed by atoms with Gasteiger partial charge in [-0.3, -0.25) is 9.59 Å². The van der Waals surface area contributed by atoms with Crippen LogP contribution in [0.4, 0.5) is 10.6 Å². The monoisotopic (exact) mass is 615 g/mol. The van der Waals surface area contributed by atoms with Crippen LogP contribution in [0.25, 0.3) is 0 Å². The molecule has 234 valence electrons. The molecule has 4 atom stereocenters. The number of Topliss-reactive ketones (excluding diaryl/α,β-unsaturated/α-hetero) is 2. The van der Waals surface area contributed by atoms with Gasteiger partial charge in [-0.2, -0.15) is 4.79 Å². The number of aromatic nitrogens is 3. The average Bonchev–Trinajstić information content (AvgIpc) is 3.74. The number of amides is 1. The Hall–Kier alpha value is -2.64. The van der Waals surface area contributed by atoms with Crippen molar-refractivity contribution in [2.45, 2.75) is 109 Å². The minimum absolute atomic E-state index is 0.0617. The van der Waals surface area contributed by atoms with Crippen LogP contribution >= 0.6 is 11.8 Å². The zero-order valence-electron chi connectivity index (χ0n) is 25.8. The van der Waals surface area contributed by atoms with Gasteiger partial charge >= 0.3 is 6.09 Å². The summed E-state index contributed by atoms with van der Waals surface area (Å²) in [7, 11) is 0. The summed E-state index contributed by atoms with van der Waals surface area (Å²) >= 11 is 1.39. The van der Waals surface area contributed by atoms with E-state index in [-0.39, 0.29) is 23.7 Å². The number of ketones is 2. The summed E-state index contributed by atoms with van der Waals surface area (Å²) in [6.45, 7) is 9.03. The first kappa shape index (κ1) is 30.4. The number of carbonyl (C=O) groups excluding carboxylic acids is 3. The van der Waals surface area contributed by atoms with Crippen LogP contribution in [0, 0.1) is 11.3 Å². The van der Waals surface area contributed by atoms with Crippen molar-refractivity contribution in [2.75, 3.05) is 31.3 Å². The molecule has 2 spiro atoms. The smallest absolute Gasteiger partial charge is 0.406 e. The minimum atomic E-state index is -0.955. The lowest BCUT2D eigenvalue weighted by Gasteiger charge is -2.52. The molecule has 1 saturated heterocycles. The number of nitrogens with one attached hydrogen (secondary N) is 1. The molecular weight excluding hydrogens is 572 g/mol. The molecule has 1 aromatic heterocycles. The molecule has 0 aromatic carbocycles. The highest BCUT2D eigenvalue weighted by Gasteiger charge is 2.64. The van der Waals surface area contributed by atoms with Crippen molar-refractivity contribution >= 4 is 46.0 Å². The lowest BCUT2D eigenvalue weighted by Crippen LogP contribution is -2.60. The summed E-state index contributed by atoms with van der Waals surface area (Å²) in [4.78, 5) is 46.2. The summed E-state index contributed by atoms with van der Waals surface area (Å²) in [6, 6.07) is -0.325. The molecule has 0 radical (unpaired) electrons. The van der Waals surface area contributed by atoms with Gasteiger partial charge in [0.05, 0.1) is 24.5 Å². The van der Waals surface area contributed by atoms with Crippen molar-refractivity contribution in [1.82, 2.24) is 15.0 Å². The fraction of sp³-hybridized carbons (Fsp3) is 0.767. The summed E-state index contributed by atoms with van der Waals surface area (Å²) < 4.78 is 21.4. The predicted molar refractivity (Wildman–Crippen MR) is 161 cm³/mol. The average molecular weight is 616 g/mol. The third-order valence-corrected chi connectivity index (χ3v) is 10.3. The van der Waals surface area contributed by atoms with Gasteiger partial charge in [-0.25, -0.2) is 9.67 Å². The minimum Gasteiger partial charge on any atom is -0.406 e. The Balaban J connectivity index is 1.28. The Labute approximate surface area is 256 Å². The van der Waals surface area contributed by atoms with Crippen LogP contribution in [-0.4, -0.2) is 91.6 Å². The first-order valence-electron chi connectivity index (χ1n) is 15.6. The van der Waals surface area contributed by atoms with Crippen LogP contribution in [0.3, 0.4) is 0 Å². The zero-order valence-corrected chi connectivity index (χ0v) is 26.6. The van der Waals surface area contributed by atoms with Gasteiger partial charge in [0, 0.05) is 19.3 Å². The number of hydrogen-bond acceptors (Lipinski definition) is 11. The molecule has 1 aromatic rings. The second-order valence-electron chi connectivity index (χ2n) is 13.3. The lowest BCUT2D eigenvalue weighted by atomic mass is 9.57. The Bertz CT molecular complexity index is 1370. The molecule has 2 aliphatic carbocycles. The molecule has 3 fully saturated rings. The second kappa shape index (κ2) is 11.4. The van der Waals surface area contributed by atoms with E-state index in [1.54, 1.807) is 9.26 Å². The normalized spacial score (nSPS) is 29.4. The molecule has 5 aliphatic rings. The van der Waals surface area contributed by atoms with Crippen LogP contribution in [0.5, 0.6) is 0 Å². The van der Waals surface area contributed by atoms with Crippen LogP contribution in [0.15, 0.2) is 4.99 Å². The van der Waals surface area contributed by atoms with Gasteiger partial charge in [-0.1, -0.05) is 18.1 Å². The van der Waals surface area contributed by atoms with Crippen LogP contribution in [0.1, 0.15) is 97.2 Å². The number of carbonyl (C=O) groups is 3. The standard InChI is InChI=1S/C30H43N6O6S/c1-18(20-11-9-15-35(20)27(39)42-28(2,3)4)36-25-21(33-34-36)26(43-5)32-24(31-25)22(37)19-10-8-13-29(23(19)38)12-6-7-14-30(29)40-16-17-41-30/h18-19,24,31H,6-17H2,1-5H3/q+1/t18?,19?,24?,29-/m0/s1. The maximum Gasteiger partial charge on any atom is 0.596 e. The van der Waals surface area contributed by atoms with Crippen molar-refractivity contribution < 1.29 is 33.2 Å². The first-order chi connectivity index (χ1) is 20.5. The van der Waals surface area contributed by atoms with Crippen molar-refractivity contribution in [3.8, 4) is 0 Å². The number of rotatable bonds is 4. The van der Waals surface area contributed by atoms with Gasteiger partial charge in [0.25, 0.3) is 0 Å². The van der Waals surface area contributed by atoms with Crippen molar-refractivity contribution in [3.63, 3.8) is 0 Å². The zero-order chi connectivity index (χ0) is 30.6. The highest BCUT2D eigenvalue weighted by atomic mass is 32.2. The molecule has 12 nitrogen and oxygen atoms in total. The highest BCUT2D eigenvalue weighted by molar-refractivity contribution is 8.13. The number of anilines is 1. The van der Waals surface area contributed by atoms with Gasteiger partial charge in [0.2, 0.25) is 0 Å². The second-order valence-corrected chi connectivity index (χ2v) is 14.1. The maximum atomic E-state index is 14.3. The topological polar surface area (TPSA) is 137 Å². The largest absolute Gasteiger partial charge is 0.596 e. The predicted octanol–water partition coefficient (Wildman–Crippen LogP) is 4.12. The summed E-state index contributed by atoms with van der Waals surface area (Å²) in [6.07, 6.45) is 7.23. The Morgan fingerprint density at radius 2 is 1.86 bits per heavy atom. The van der Waals surface area contributed by atoms with Crippen molar-refractivity contribution in [3.05, 3.63) is 5.69 Å². The third kappa shape index (κ3) is 5.14. The van der Waals surface area contributed by atoms with E-state index in [4.69, 9.17) is 19.2 Å². The van der Waals surface area contributed by atoms with E-state index in [1.807, 2.05) is 34.0 Å². The first-order valence-corrected chi connectivity index (χ1v) is 16.8. The van der Waals surface area contributed by atoms with E-state index in [0.29, 0.717) is 68.4 Å². The molecule has 4 heterocycles. The van der Waals surface area contributed by atoms with E-state index in [1.165, 1.54) is 11.8 Å². The lowest BCUT2D eigenvalue weighted by molar-refractivity contribution is -0.444. The Morgan fingerprint density at radius 1 is 1.14 bits per heavy atom. The van der Waals surface area contributed by atoms with Gasteiger partial charge in [0.15, 0.2) is 47.3 Å². The molecule has 1 N–H and O–H groups in total. The summed E-state index contributed by atoms with van der Waals surface area (Å²) in [5.41, 5.74) is 0.0235. The highest BCUT2D eigenvalue weighted by Crippen LogP contribution is 2.56. The molecule has 2 saturated carbocycles. The molecule has 3 aliphatic heterocycles. The van der Waals surface area contributed by atoms with E-state index in [0.717, 1.165) is 31.4 Å². The van der Waals surface area contributed by atoms with Gasteiger partial charge in [-0.15, -0.1) is 21.4 Å². The quantitative estimate of drug-likeness (QED) is 0.389. The summed E-state index contributed by atoms with van der Waals surface area (Å²) in [5.74, 6) is -1.46. The van der Waals surface area contributed by atoms with Gasteiger partial charge in [0.1, 0.15) is 16.7 Å². The number of fused-ring (bicyclic) bond motifs is 2. The molecule has 13 heteroatoms. The van der Waals surface area contributed by atoms with E-state index in [2.05, 4.69) is 15.6 Å². The molecule has 1 amide bonds. The van der Waals surface area contributed by atoms with Crippen LogP contribution in [0.2, 0.25) is 0 Å². The molecule has 43 heavy (non-hydrogen) atoms. The maximum absolute atomic E-state index is 14.3. The number of nitrogens with zero attached hydrogens (tertiary/aromatic N) is 5. The molecule has 0 bridgehead atoms. The molecule has 3 unspecified atom stereocenters. The van der Waals surface area contributed by atoms with Gasteiger partial charge in [-0.05, 0) is 59.6 Å². The number of hydrogen-bond donors (Lipinski definition) is 1. The Kier molecular flexibility index (Phi) is 8.04. The number of aliphatic imine (C=N–C) groups is 1. The SMILES string of the molecule is CSC1=NC(C(=O)C2CCC[C@@]3(CCCCC34OCCO4)C2=O)Nc2c1nnn2C(C)C1=[N+](C(=O)OC(C)(C)C)CCC1. The molecular formula is C30H43N6O6S+. The molecule has 6 rings (SSSR count). The number of ether oxygens (including phenoxy) is 3. The third-order valence-electron chi connectivity index (χ3n) is 9.57. The summed E-state index contributed by atoms with van der Waals surface area (Å²) in [5, 5.41) is 12.7. The van der Waals surface area contributed by atoms with Crippen molar-refractivity contribution in [2.24, 2.45) is 16.3 Å². The van der Waals surface area contributed by atoms with Crippen molar-refractivity contribution in [1.29, 1.82) is 0 Å². The van der Waals surface area contributed by atoms with E-state index < -0.39 is 28.9 Å². The van der Waals surface area contributed by atoms with E-state index in [9.17, 15) is 14.4 Å². The fourth-order valence-electron chi connectivity index (χ4n) is 7.64. The van der Waals surface area contributed by atoms with Gasteiger partial charge < -0.3 is 19.5 Å². The number of thioether (sulfide) groups is 1. The van der Waals surface area contributed by atoms with E-state index >= 15 is 0 Å². The Morgan fingerprint density at radius 3 is 2.58 bits per heavy atom. The fourth-order valence-corrected chi connectivity index (χ4v) is 8.18. The van der Waals surface area contributed by atoms with Crippen LogP contribution in [-0.2, 0) is 23.8 Å². The van der Waals surface area contributed by atoms with Crippen LogP contribution < -0.4 is 5.32 Å².